The highest BCUT2D eigenvalue weighted by Gasteiger charge is 2.42. The van der Waals surface area contributed by atoms with Crippen LogP contribution in [0.1, 0.15) is 55.1 Å². The number of rotatable bonds is 4. The molecule has 1 aliphatic carbocycles. The summed E-state index contributed by atoms with van der Waals surface area (Å²) < 4.78 is 17.1. The van der Waals surface area contributed by atoms with Crippen LogP contribution in [-0.4, -0.2) is 14.7 Å². The average molecular weight is 407 g/mol. The Morgan fingerprint density at radius 3 is 2.59 bits per heavy atom. The van der Waals surface area contributed by atoms with Gasteiger partial charge in [0, 0.05) is 24.6 Å². The summed E-state index contributed by atoms with van der Waals surface area (Å²) in [4.78, 5) is 6.46. The van der Waals surface area contributed by atoms with E-state index in [1.807, 2.05) is 29.2 Å². The molecule has 0 radical (unpaired) electrons. The highest BCUT2D eigenvalue weighted by atomic mass is 32.1. The van der Waals surface area contributed by atoms with Gasteiger partial charge in [-0.25, -0.2) is 4.39 Å². The van der Waals surface area contributed by atoms with Gasteiger partial charge in [-0.15, -0.1) is 0 Å². The summed E-state index contributed by atoms with van der Waals surface area (Å²) in [5.74, 6) is -0.279. The summed E-state index contributed by atoms with van der Waals surface area (Å²) in [5, 5.41) is 3.91. The van der Waals surface area contributed by atoms with Crippen molar-refractivity contribution in [1.29, 1.82) is 0 Å². The summed E-state index contributed by atoms with van der Waals surface area (Å²) in [5.41, 5.74) is 2.50. The average Bonchev–Trinajstić information content (AvgIpc) is 3.48. The highest BCUT2D eigenvalue weighted by Crippen LogP contribution is 2.43. The van der Waals surface area contributed by atoms with Crippen molar-refractivity contribution in [3.05, 3.63) is 84.2 Å². The Bertz CT molecular complexity index is 1010. The molecule has 2 aromatic heterocycles. The van der Waals surface area contributed by atoms with Crippen molar-refractivity contribution >= 4 is 23.0 Å². The van der Waals surface area contributed by atoms with E-state index in [4.69, 9.17) is 12.2 Å². The Morgan fingerprint density at radius 1 is 1.03 bits per heavy atom. The van der Waals surface area contributed by atoms with Crippen LogP contribution in [0.2, 0.25) is 0 Å². The molecule has 1 saturated carbocycles. The molecule has 2 atom stereocenters. The van der Waals surface area contributed by atoms with Crippen molar-refractivity contribution in [2.24, 2.45) is 0 Å². The maximum absolute atomic E-state index is 14.7. The molecule has 2 aliphatic rings. The molecule has 3 heterocycles. The molecule has 3 aromatic rings. The van der Waals surface area contributed by atoms with Gasteiger partial charge >= 0.3 is 0 Å². The first-order valence-electron chi connectivity index (χ1n) is 10.1. The molecule has 1 aliphatic heterocycles. The fraction of sp³-hybridized carbons (Fsp3) is 0.304. The predicted molar refractivity (Wildman–Crippen MR) is 116 cm³/mol. The van der Waals surface area contributed by atoms with E-state index in [1.54, 1.807) is 18.3 Å². The lowest BCUT2D eigenvalue weighted by atomic mass is 9.98. The van der Waals surface area contributed by atoms with Crippen LogP contribution in [-0.2, 0) is 0 Å². The molecule has 0 spiro atoms. The van der Waals surface area contributed by atoms with E-state index in [0.717, 1.165) is 11.3 Å². The third-order valence-corrected chi connectivity index (χ3v) is 6.35. The molecule has 0 unspecified atom stereocenters. The van der Waals surface area contributed by atoms with Gasteiger partial charge in [-0.2, -0.15) is 0 Å². The van der Waals surface area contributed by atoms with Gasteiger partial charge < -0.3 is 14.8 Å². The zero-order valence-electron chi connectivity index (χ0n) is 16.0. The molecular weight excluding hydrogens is 383 g/mol. The zero-order valence-corrected chi connectivity index (χ0v) is 16.9. The number of para-hydroxylation sites is 1. The van der Waals surface area contributed by atoms with E-state index >= 15 is 0 Å². The smallest absolute Gasteiger partial charge is 0.174 e. The minimum Gasteiger partial charge on any atom is -0.351 e. The Balaban J connectivity index is 1.59. The molecule has 6 heteroatoms. The molecule has 4 nitrogen and oxygen atoms in total. The van der Waals surface area contributed by atoms with E-state index in [1.165, 1.54) is 31.7 Å². The largest absolute Gasteiger partial charge is 0.351 e. The summed E-state index contributed by atoms with van der Waals surface area (Å²) >= 11 is 5.66. The molecule has 0 bridgehead atoms. The second-order valence-corrected chi connectivity index (χ2v) is 8.17. The van der Waals surface area contributed by atoms with Crippen molar-refractivity contribution in [2.45, 2.75) is 43.8 Å². The first-order valence-corrected chi connectivity index (χ1v) is 10.6. The van der Waals surface area contributed by atoms with Crippen LogP contribution in [0, 0.1) is 5.82 Å². The van der Waals surface area contributed by atoms with Crippen LogP contribution in [0.5, 0.6) is 0 Å². The number of benzene rings is 1. The number of hydrogen-bond donors (Lipinski definition) is 1. The summed E-state index contributed by atoms with van der Waals surface area (Å²) in [6.45, 7) is 0. The van der Waals surface area contributed by atoms with Crippen molar-refractivity contribution in [3.63, 3.8) is 0 Å². The van der Waals surface area contributed by atoms with Gasteiger partial charge in [-0.1, -0.05) is 31.0 Å². The van der Waals surface area contributed by atoms with Crippen LogP contribution in [0.4, 0.5) is 10.1 Å². The molecule has 1 aromatic carbocycles. The first-order chi connectivity index (χ1) is 14.2. The Labute approximate surface area is 175 Å². The normalized spacial score (nSPS) is 22.2. The van der Waals surface area contributed by atoms with Crippen molar-refractivity contribution in [3.8, 4) is 0 Å². The number of pyridine rings is 1. The Kier molecular flexibility index (Phi) is 4.79. The van der Waals surface area contributed by atoms with Gasteiger partial charge in [0.2, 0.25) is 0 Å². The molecule has 2 fully saturated rings. The predicted octanol–water partition coefficient (Wildman–Crippen LogP) is 5.31. The van der Waals surface area contributed by atoms with Crippen molar-refractivity contribution in [1.82, 2.24) is 14.9 Å². The van der Waals surface area contributed by atoms with Crippen LogP contribution in [0.3, 0.4) is 0 Å². The fourth-order valence-electron chi connectivity index (χ4n) is 4.64. The molecule has 29 heavy (non-hydrogen) atoms. The van der Waals surface area contributed by atoms with Crippen LogP contribution in [0.15, 0.2) is 67.1 Å². The van der Waals surface area contributed by atoms with E-state index in [-0.39, 0.29) is 17.9 Å². The number of halogens is 1. The monoisotopic (exact) mass is 406 g/mol. The minimum atomic E-state index is -0.279. The van der Waals surface area contributed by atoms with Crippen molar-refractivity contribution in [2.75, 3.05) is 4.90 Å². The molecule has 148 valence electrons. The molecule has 1 N–H and O–H groups in total. The van der Waals surface area contributed by atoms with Gasteiger partial charge in [0.25, 0.3) is 0 Å². The van der Waals surface area contributed by atoms with E-state index < -0.39 is 0 Å². The van der Waals surface area contributed by atoms with Gasteiger partial charge in [0.15, 0.2) is 5.11 Å². The molecular formula is C23H23FN4S. The van der Waals surface area contributed by atoms with Gasteiger partial charge in [0.05, 0.1) is 23.5 Å². The lowest BCUT2D eigenvalue weighted by molar-refractivity contribution is 0.514. The standard InChI is InChI=1S/C23H23FN4S/c24-18-9-3-4-11-20(18)28-22(16-12-14-27(15-16)17-7-1-2-8-17)21(26-23(28)29)19-10-5-6-13-25-19/h3-6,9-15,17,21-22H,1-2,7-8H2,(H,26,29)/t21-,22-/m0/s1. The van der Waals surface area contributed by atoms with Gasteiger partial charge in [0.1, 0.15) is 5.82 Å². The molecule has 5 rings (SSSR count). The number of aromatic nitrogens is 2. The quantitative estimate of drug-likeness (QED) is 0.595. The number of hydrogen-bond acceptors (Lipinski definition) is 2. The Morgan fingerprint density at radius 2 is 1.83 bits per heavy atom. The maximum atomic E-state index is 14.7. The van der Waals surface area contributed by atoms with Crippen LogP contribution < -0.4 is 10.2 Å². The second kappa shape index (κ2) is 7.59. The number of nitrogens with zero attached hydrogens (tertiary/aromatic N) is 3. The maximum Gasteiger partial charge on any atom is 0.174 e. The molecule has 1 saturated heterocycles. The summed E-state index contributed by atoms with van der Waals surface area (Å²) in [6, 6.07) is 15.0. The number of anilines is 1. The van der Waals surface area contributed by atoms with Gasteiger partial charge in [-0.3, -0.25) is 4.98 Å². The third-order valence-electron chi connectivity index (χ3n) is 6.04. The Hall–Kier alpha value is -2.73. The summed E-state index contributed by atoms with van der Waals surface area (Å²) in [7, 11) is 0. The number of thiocarbonyl (C=S) groups is 1. The van der Waals surface area contributed by atoms with E-state index in [9.17, 15) is 4.39 Å². The van der Waals surface area contributed by atoms with Gasteiger partial charge in [-0.05, 0) is 61.0 Å². The lowest BCUT2D eigenvalue weighted by Gasteiger charge is -2.27. The minimum absolute atomic E-state index is 0.150. The van der Waals surface area contributed by atoms with E-state index in [0.29, 0.717) is 16.8 Å². The third kappa shape index (κ3) is 3.31. The molecule has 0 amide bonds. The SMILES string of the molecule is Fc1ccccc1N1C(=S)N[C@@H](c2ccccn2)[C@@H]1c1ccn(C2CCCC2)c1. The topological polar surface area (TPSA) is 33.1 Å². The van der Waals surface area contributed by atoms with Crippen LogP contribution >= 0.6 is 12.2 Å². The highest BCUT2D eigenvalue weighted by molar-refractivity contribution is 7.80. The number of nitrogens with one attached hydrogen (secondary N) is 1. The van der Waals surface area contributed by atoms with E-state index in [2.05, 4.69) is 33.3 Å². The second-order valence-electron chi connectivity index (χ2n) is 7.78. The first kappa shape index (κ1) is 18.3. The summed E-state index contributed by atoms with van der Waals surface area (Å²) in [6.07, 6.45) is 11.1. The lowest BCUT2D eigenvalue weighted by Crippen LogP contribution is -2.30. The fourth-order valence-corrected chi connectivity index (χ4v) is 4.97. The van der Waals surface area contributed by atoms with Crippen molar-refractivity contribution < 1.29 is 4.39 Å². The zero-order chi connectivity index (χ0) is 19.8. The van der Waals surface area contributed by atoms with Crippen LogP contribution in [0.25, 0.3) is 0 Å².